The molecule has 0 saturated heterocycles. The van der Waals surface area contributed by atoms with Crippen molar-refractivity contribution in [2.75, 3.05) is 12.8 Å². The van der Waals surface area contributed by atoms with Crippen molar-refractivity contribution in [1.29, 1.82) is 0 Å². The Hall–Kier alpha value is -2.50. The monoisotopic (exact) mass is 246 g/mol. The largest absolute Gasteiger partial charge is 0.495 e. The van der Waals surface area contributed by atoms with E-state index in [2.05, 4.69) is 15.5 Å². The minimum absolute atomic E-state index is 0.249. The third kappa shape index (κ3) is 2.42. The van der Waals surface area contributed by atoms with Crippen molar-refractivity contribution in [2.45, 2.75) is 6.54 Å². The van der Waals surface area contributed by atoms with Gasteiger partial charge in [-0.3, -0.25) is 9.89 Å². The van der Waals surface area contributed by atoms with Crippen LogP contribution in [0.15, 0.2) is 30.5 Å². The number of ether oxygens (including phenoxy) is 1. The number of nitrogens with zero attached hydrogens (tertiary/aromatic N) is 1. The highest BCUT2D eigenvalue weighted by Gasteiger charge is 2.12. The van der Waals surface area contributed by atoms with Crippen molar-refractivity contribution in [3.63, 3.8) is 0 Å². The summed E-state index contributed by atoms with van der Waals surface area (Å²) in [5, 5.41) is 9.31. The van der Waals surface area contributed by atoms with Gasteiger partial charge in [-0.15, -0.1) is 0 Å². The van der Waals surface area contributed by atoms with Crippen molar-refractivity contribution in [3.8, 4) is 5.75 Å². The van der Waals surface area contributed by atoms with Crippen LogP contribution in [0.2, 0.25) is 0 Å². The van der Waals surface area contributed by atoms with Gasteiger partial charge in [0.15, 0.2) is 0 Å². The number of nitrogen functional groups attached to an aromatic ring is 1. The maximum Gasteiger partial charge on any atom is 0.253 e. The first-order chi connectivity index (χ1) is 8.72. The Morgan fingerprint density at radius 1 is 1.50 bits per heavy atom. The van der Waals surface area contributed by atoms with E-state index in [4.69, 9.17) is 10.5 Å². The molecule has 6 nitrogen and oxygen atoms in total. The van der Waals surface area contributed by atoms with Gasteiger partial charge in [0.25, 0.3) is 5.91 Å². The van der Waals surface area contributed by atoms with E-state index in [1.807, 2.05) is 0 Å². The lowest BCUT2D eigenvalue weighted by Crippen LogP contribution is -2.24. The number of methoxy groups -OCH3 is 1. The number of nitrogens with two attached hydrogens (primary N) is 1. The molecule has 2 rings (SSSR count). The predicted molar refractivity (Wildman–Crippen MR) is 67.2 cm³/mol. The molecule has 0 aliphatic heterocycles. The zero-order chi connectivity index (χ0) is 13.0. The van der Waals surface area contributed by atoms with Gasteiger partial charge >= 0.3 is 0 Å². The van der Waals surface area contributed by atoms with Crippen molar-refractivity contribution >= 4 is 11.6 Å². The van der Waals surface area contributed by atoms with Crippen LogP contribution < -0.4 is 15.8 Å². The van der Waals surface area contributed by atoms with Crippen LogP contribution in [0.5, 0.6) is 5.75 Å². The summed E-state index contributed by atoms with van der Waals surface area (Å²) in [4.78, 5) is 11.9. The molecule has 1 aromatic carbocycles. The van der Waals surface area contributed by atoms with Gasteiger partial charge in [-0.25, -0.2) is 0 Å². The summed E-state index contributed by atoms with van der Waals surface area (Å²) < 4.78 is 5.07. The van der Waals surface area contributed by atoms with Gasteiger partial charge < -0.3 is 15.8 Å². The zero-order valence-corrected chi connectivity index (χ0v) is 9.93. The molecule has 0 aliphatic carbocycles. The first-order valence-electron chi connectivity index (χ1n) is 5.41. The fourth-order valence-electron chi connectivity index (χ4n) is 1.57. The number of carbonyl (C=O) groups is 1. The second kappa shape index (κ2) is 5.22. The van der Waals surface area contributed by atoms with Gasteiger partial charge in [0.2, 0.25) is 0 Å². The number of nitrogens with one attached hydrogen (secondary N) is 2. The van der Waals surface area contributed by atoms with E-state index in [9.17, 15) is 4.79 Å². The molecule has 0 bridgehead atoms. The first-order valence-corrected chi connectivity index (χ1v) is 5.41. The number of aromatic nitrogens is 2. The molecule has 1 heterocycles. The molecule has 18 heavy (non-hydrogen) atoms. The number of hydrogen-bond acceptors (Lipinski definition) is 4. The Kier molecular flexibility index (Phi) is 3.47. The second-order valence-corrected chi connectivity index (χ2v) is 3.69. The normalized spacial score (nSPS) is 10.1. The first kappa shape index (κ1) is 12.0. The standard InChI is InChI=1S/C12H14N4O2/c1-18-10-4-2-3-9(11(10)13)12(17)14-7-8-5-6-15-16-8/h2-6H,7,13H2,1H3,(H,14,17)(H,15,16). The van der Waals surface area contributed by atoms with E-state index in [1.54, 1.807) is 30.5 Å². The topological polar surface area (TPSA) is 93.0 Å². The van der Waals surface area contributed by atoms with Gasteiger partial charge in [0.05, 0.1) is 30.6 Å². The molecule has 2 aromatic rings. The number of benzene rings is 1. The fraction of sp³-hybridized carbons (Fsp3) is 0.167. The minimum Gasteiger partial charge on any atom is -0.495 e. The summed E-state index contributed by atoms with van der Waals surface area (Å²) in [6, 6.07) is 6.87. The molecule has 0 radical (unpaired) electrons. The lowest BCUT2D eigenvalue weighted by atomic mass is 10.1. The summed E-state index contributed by atoms with van der Waals surface area (Å²) in [5.74, 6) is 0.241. The number of carbonyl (C=O) groups excluding carboxylic acids is 1. The number of H-pyrrole nitrogens is 1. The average Bonchev–Trinajstić information content (AvgIpc) is 2.89. The van der Waals surface area contributed by atoms with E-state index >= 15 is 0 Å². The Labute approximate surface area is 104 Å². The molecule has 0 fully saturated rings. The maximum atomic E-state index is 11.9. The van der Waals surface area contributed by atoms with Crippen LogP contribution in [0.3, 0.4) is 0 Å². The SMILES string of the molecule is COc1cccc(C(=O)NCc2ccn[nH]2)c1N. The van der Waals surface area contributed by atoms with Gasteiger partial charge in [-0.2, -0.15) is 5.10 Å². The van der Waals surface area contributed by atoms with Gasteiger partial charge in [-0.05, 0) is 18.2 Å². The lowest BCUT2D eigenvalue weighted by molar-refractivity contribution is 0.0951. The number of rotatable bonds is 4. The van der Waals surface area contributed by atoms with Crippen molar-refractivity contribution in [3.05, 3.63) is 41.7 Å². The molecule has 0 saturated carbocycles. The van der Waals surface area contributed by atoms with Crippen molar-refractivity contribution in [2.24, 2.45) is 0 Å². The fourth-order valence-corrected chi connectivity index (χ4v) is 1.57. The summed E-state index contributed by atoms with van der Waals surface area (Å²) >= 11 is 0. The Morgan fingerprint density at radius 3 is 3.00 bits per heavy atom. The number of anilines is 1. The Balaban J connectivity index is 2.09. The zero-order valence-electron chi connectivity index (χ0n) is 9.93. The lowest BCUT2D eigenvalue weighted by Gasteiger charge is -2.09. The highest BCUT2D eigenvalue weighted by Crippen LogP contribution is 2.24. The van der Waals surface area contributed by atoms with Crippen molar-refractivity contribution < 1.29 is 9.53 Å². The summed E-state index contributed by atoms with van der Waals surface area (Å²) in [6.07, 6.45) is 1.63. The molecule has 0 unspecified atom stereocenters. The number of amides is 1. The molecule has 94 valence electrons. The highest BCUT2D eigenvalue weighted by atomic mass is 16.5. The minimum atomic E-state index is -0.249. The van der Waals surface area contributed by atoms with E-state index < -0.39 is 0 Å². The number of hydrogen-bond donors (Lipinski definition) is 3. The molecular formula is C12H14N4O2. The van der Waals surface area contributed by atoms with Crippen LogP contribution in [-0.2, 0) is 6.54 Å². The third-order valence-electron chi connectivity index (χ3n) is 2.53. The summed E-state index contributed by atoms with van der Waals surface area (Å²) in [7, 11) is 1.51. The average molecular weight is 246 g/mol. The molecule has 0 aliphatic rings. The van der Waals surface area contributed by atoms with Gasteiger partial charge in [0.1, 0.15) is 5.75 Å². The molecule has 0 spiro atoms. The Bertz CT molecular complexity index is 537. The maximum absolute atomic E-state index is 11.9. The van der Waals surface area contributed by atoms with Crippen LogP contribution in [-0.4, -0.2) is 23.2 Å². The summed E-state index contributed by atoms with van der Waals surface area (Å²) in [5.41, 5.74) is 7.39. The second-order valence-electron chi connectivity index (χ2n) is 3.69. The third-order valence-corrected chi connectivity index (χ3v) is 2.53. The van der Waals surface area contributed by atoms with Crippen LogP contribution in [0.1, 0.15) is 16.1 Å². The summed E-state index contributed by atoms with van der Waals surface area (Å²) in [6.45, 7) is 0.371. The van der Waals surface area contributed by atoms with Crippen LogP contribution in [0.4, 0.5) is 5.69 Å². The highest BCUT2D eigenvalue weighted by molar-refractivity contribution is 6.00. The molecule has 1 amide bonds. The molecule has 6 heteroatoms. The van der Waals surface area contributed by atoms with Gasteiger partial charge in [-0.1, -0.05) is 6.07 Å². The molecule has 4 N–H and O–H groups in total. The molecular weight excluding hydrogens is 232 g/mol. The van der Waals surface area contributed by atoms with Crippen molar-refractivity contribution in [1.82, 2.24) is 15.5 Å². The smallest absolute Gasteiger partial charge is 0.253 e. The van der Waals surface area contributed by atoms with E-state index in [-0.39, 0.29) is 5.91 Å². The van der Waals surface area contributed by atoms with Crippen LogP contribution in [0.25, 0.3) is 0 Å². The number of para-hydroxylation sites is 1. The van der Waals surface area contributed by atoms with Crippen LogP contribution >= 0.6 is 0 Å². The predicted octanol–water partition coefficient (Wildman–Crippen LogP) is 0.930. The quantitative estimate of drug-likeness (QED) is 0.700. The van der Waals surface area contributed by atoms with Gasteiger partial charge in [0, 0.05) is 6.20 Å². The van der Waals surface area contributed by atoms with E-state index in [0.717, 1.165) is 5.69 Å². The van der Waals surface area contributed by atoms with E-state index in [1.165, 1.54) is 7.11 Å². The molecule has 0 atom stereocenters. The number of aromatic amines is 1. The van der Waals surface area contributed by atoms with Crippen LogP contribution in [0, 0.1) is 0 Å². The molecule has 1 aromatic heterocycles. The van der Waals surface area contributed by atoms with E-state index in [0.29, 0.717) is 23.5 Å². The Morgan fingerprint density at radius 2 is 2.33 bits per heavy atom.